The molecule has 1 heterocycles. The van der Waals surface area contributed by atoms with E-state index in [0.717, 1.165) is 40.1 Å². The first-order valence-electron chi connectivity index (χ1n) is 11.1. The Labute approximate surface area is 192 Å². The van der Waals surface area contributed by atoms with Gasteiger partial charge in [-0.1, -0.05) is 25.1 Å². The number of hydrogen-bond donors (Lipinski definition) is 1. The van der Waals surface area contributed by atoms with Crippen LogP contribution in [-0.4, -0.2) is 30.0 Å². The summed E-state index contributed by atoms with van der Waals surface area (Å²) in [5.74, 6) is 2.68. The van der Waals surface area contributed by atoms with Crippen LogP contribution in [0.4, 0.5) is 0 Å². The molecule has 0 amide bonds. The van der Waals surface area contributed by atoms with Crippen LogP contribution in [-0.2, 0) is 0 Å². The Morgan fingerprint density at radius 3 is 2.64 bits per heavy atom. The van der Waals surface area contributed by atoms with Gasteiger partial charge < -0.3 is 19.9 Å². The van der Waals surface area contributed by atoms with E-state index in [1.54, 1.807) is 13.3 Å². The Balaban J connectivity index is 1.48. The van der Waals surface area contributed by atoms with Crippen LogP contribution in [0.3, 0.4) is 0 Å². The highest BCUT2D eigenvalue weighted by Crippen LogP contribution is 2.39. The molecule has 0 unspecified atom stereocenters. The molecular weight excluding hydrogens is 416 g/mol. The van der Waals surface area contributed by atoms with E-state index in [0.29, 0.717) is 36.0 Å². The van der Waals surface area contributed by atoms with Gasteiger partial charge in [-0.2, -0.15) is 0 Å². The minimum Gasteiger partial charge on any atom is -0.493 e. The molecule has 0 spiro atoms. The van der Waals surface area contributed by atoms with E-state index >= 15 is 0 Å². The first-order valence-corrected chi connectivity index (χ1v) is 11.1. The standard InChI is InChI=1S/C27H26N2O4/c1-3-23(30)20-6-4-5-17-13-18(7-8-19(17)20)33-24-9-12-29-22-15-26(25(31-2)14-21(22)24)32-16-27(28)10-11-27/h4-9,12-15H,3,10-11,16,28H2,1-2H3. The molecule has 6 nitrogen and oxygen atoms in total. The van der Waals surface area contributed by atoms with Gasteiger partial charge in [-0.3, -0.25) is 9.78 Å². The summed E-state index contributed by atoms with van der Waals surface area (Å²) >= 11 is 0. The van der Waals surface area contributed by atoms with Crippen molar-refractivity contribution in [3.05, 3.63) is 66.4 Å². The molecule has 6 heteroatoms. The molecule has 1 aliphatic rings. The van der Waals surface area contributed by atoms with E-state index in [1.165, 1.54) is 0 Å². The van der Waals surface area contributed by atoms with Gasteiger partial charge in [-0.15, -0.1) is 0 Å². The summed E-state index contributed by atoms with van der Waals surface area (Å²) in [6, 6.07) is 17.1. The molecule has 1 fully saturated rings. The van der Waals surface area contributed by atoms with E-state index in [4.69, 9.17) is 19.9 Å². The summed E-state index contributed by atoms with van der Waals surface area (Å²) in [6.07, 6.45) is 4.12. The van der Waals surface area contributed by atoms with Crippen LogP contribution < -0.4 is 19.9 Å². The van der Waals surface area contributed by atoms with Crippen molar-refractivity contribution in [1.82, 2.24) is 4.98 Å². The molecule has 0 radical (unpaired) electrons. The third kappa shape index (κ3) is 4.22. The van der Waals surface area contributed by atoms with Crippen molar-refractivity contribution < 1.29 is 19.0 Å². The zero-order valence-corrected chi connectivity index (χ0v) is 18.8. The summed E-state index contributed by atoms with van der Waals surface area (Å²) in [5.41, 5.74) is 7.41. The van der Waals surface area contributed by atoms with E-state index in [9.17, 15) is 4.79 Å². The Kier molecular flexibility index (Phi) is 5.38. The van der Waals surface area contributed by atoms with E-state index < -0.39 is 0 Å². The highest BCUT2D eigenvalue weighted by atomic mass is 16.5. The summed E-state index contributed by atoms with van der Waals surface area (Å²) < 4.78 is 17.8. The molecule has 0 bridgehead atoms. The van der Waals surface area contributed by atoms with Gasteiger partial charge in [-0.25, -0.2) is 0 Å². The second-order valence-corrected chi connectivity index (χ2v) is 8.55. The fraction of sp³-hybridized carbons (Fsp3) is 0.259. The number of aromatic nitrogens is 1. The van der Waals surface area contributed by atoms with Gasteiger partial charge in [0, 0.05) is 29.6 Å². The minimum absolute atomic E-state index is 0.127. The lowest BCUT2D eigenvalue weighted by Gasteiger charge is -2.16. The fourth-order valence-electron chi connectivity index (χ4n) is 3.90. The monoisotopic (exact) mass is 442 g/mol. The third-order valence-electron chi connectivity index (χ3n) is 6.10. The second-order valence-electron chi connectivity index (χ2n) is 8.55. The SMILES string of the molecule is CCC(=O)c1cccc2cc(Oc3ccnc4cc(OCC5(N)CC5)c(OC)cc34)ccc12. The average Bonchev–Trinajstić information content (AvgIpc) is 3.58. The Morgan fingerprint density at radius 1 is 1.03 bits per heavy atom. The summed E-state index contributed by atoms with van der Waals surface area (Å²) in [5, 5.41) is 2.69. The zero-order chi connectivity index (χ0) is 23.0. The van der Waals surface area contributed by atoms with Crippen molar-refractivity contribution in [1.29, 1.82) is 0 Å². The van der Waals surface area contributed by atoms with Crippen molar-refractivity contribution >= 4 is 27.5 Å². The van der Waals surface area contributed by atoms with Crippen molar-refractivity contribution in [2.75, 3.05) is 13.7 Å². The second kappa shape index (κ2) is 8.37. The molecule has 2 N–H and O–H groups in total. The molecule has 1 aliphatic carbocycles. The van der Waals surface area contributed by atoms with E-state index in [1.807, 2.05) is 61.5 Å². The number of ketones is 1. The molecule has 5 rings (SSSR count). The quantitative estimate of drug-likeness (QED) is 0.355. The van der Waals surface area contributed by atoms with Crippen LogP contribution in [0.5, 0.6) is 23.0 Å². The van der Waals surface area contributed by atoms with Crippen LogP contribution in [0.2, 0.25) is 0 Å². The highest BCUT2D eigenvalue weighted by molar-refractivity contribution is 6.08. The normalized spacial score (nSPS) is 14.3. The van der Waals surface area contributed by atoms with Crippen molar-refractivity contribution in [3.63, 3.8) is 0 Å². The van der Waals surface area contributed by atoms with Crippen molar-refractivity contribution in [3.8, 4) is 23.0 Å². The average molecular weight is 443 g/mol. The first kappa shape index (κ1) is 21.2. The number of nitrogens with two attached hydrogens (primary N) is 1. The summed E-state index contributed by atoms with van der Waals surface area (Å²) in [4.78, 5) is 16.8. The molecule has 1 saturated carbocycles. The predicted molar refractivity (Wildman–Crippen MR) is 129 cm³/mol. The molecule has 4 aromatic rings. The number of pyridine rings is 1. The van der Waals surface area contributed by atoms with Gasteiger partial charge in [0.25, 0.3) is 0 Å². The maximum Gasteiger partial charge on any atom is 0.163 e. The number of carbonyl (C=O) groups is 1. The number of carbonyl (C=O) groups excluding carboxylic acids is 1. The molecule has 168 valence electrons. The highest BCUT2D eigenvalue weighted by Gasteiger charge is 2.39. The smallest absolute Gasteiger partial charge is 0.163 e. The summed E-state index contributed by atoms with van der Waals surface area (Å²) in [7, 11) is 1.61. The number of ether oxygens (including phenoxy) is 3. The maximum absolute atomic E-state index is 12.3. The predicted octanol–water partition coefficient (Wildman–Crippen LogP) is 5.65. The topological polar surface area (TPSA) is 83.7 Å². The Hall–Kier alpha value is -3.64. The molecule has 0 aliphatic heterocycles. The first-order chi connectivity index (χ1) is 16.0. The van der Waals surface area contributed by atoms with Gasteiger partial charge >= 0.3 is 0 Å². The van der Waals surface area contributed by atoms with Crippen LogP contribution >= 0.6 is 0 Å². The van der Waals surface area contributed by atoms with Gasteiger partial charge in [0.15, 0.2) is 17.3 Å². The zero-order valence-electron chi connectivity index (χ0n) is 18.8. The molecule has 3 aromatic carbocycles. The number of Topliss-reactive ketones (excluding diaryl/α,β-unsaturated/α-hetero) is 1. The van der Waals surface area contributed by atoms with Gasteiger partial charge in [0.1, 0.15) is 18.1 Å². The minimum atomic E-state index is -0.226. The Bertz CT molecular complexity index is 1360. The molecular formula is C27H26N2O4. The van der Waals surface area contributed by atoms with Crippen LogP contribution in [0.15, 0.2) is 60.8 Å². The number of hydrogen-bond acceptors (Lipinski definition) is 6. The van der Waals surface area contributed by atoms with Crippen LogP contribution in [0, 0.1) is 0 Å². The molecule has 33 heavy (non-hydrogen) atoms. The maximum atomic E-state index is 12.3. The van der Waals surface area contributed by atoms with Crippen LogP contribution in [0.25, 0.3) is 21.7 Å². The lowest BCUT2D eigenvalue weighted by molar-refractivity contribution is 0.0989. The molecule has 0 atom stereocenters. The summed E-state index contributed by atoms with van der Waals surface area (Å²) in [6.45, 7) is 2.32. The van der Waals surface area contributed by atoms with Crippen LogP contribution in [0.1, 0.15) is 36.5 Å². The van der Waals surface area contributed by atoms with Crippen molar-refractivity contribution in [2.45, 2.75) is 31.7 Å². The van der Waals surface area contributed by atoms with Gasteiger partial charge in [-0.05, 0) is 53.9 Å². The lowest BCUT2D eigenvalue weighted by Crippen LogP contribution is -2.29. The number of methoxy groups -OCH3 is 1. The number of fused-ring (bicyclic) bond motifs is 2. The number of benzene rings is 3. The Morgan fingerprint density at radius 2 is 1.88 bits per heavy atom. The number of nitrogens with zero attached hydrogens (tertiary/aromatic N) is 1. The van der Waals surface area contributed by atoms with Gasteiger partial charge in [0.2, 0.25) is 0 Å². The molecule has 0 saturated heterocycles. The van der Waals surface area contributed by atoms with Crippen molar-refractivity contribution in [2.24, 2.45) is 5.73 Å². The van der Waals surface area contributed by atoms with Gasteiger partial charge in [0.05, 0.1) is 18.2 Å². The number of rotatable bonds is 8. The van der Waals surface area contributed by atoms with E-state index in [-0.39, 0.29) is 11.3 Å². The van der Waals surface area contributed by atoms with E-state index in [2.05, 4.69) is 4.98 Å². The lowest BCUT2D eigenvalue weighted by atomic mass is 10.00. The largest absolute Gasteiger partial charge is 0.493 e. The molecule has 1 aromatic heterocycles. The third-order valence-corrected chi connectivity index (χ3v) is 6.10. The fourth-order valence-corrected chi connectivity index (χ4v) is 3.90.